The van der Waals surface area contributed by atoms with E-state index in [1.165, 1.54) is 0 Å². The molecule has 1 aliphatic heterocycles. The lowest BCUT2D eigenvalue weighted by atomic mass is 9.79. The Balaban J connectivity index is 1.34. The number of carbonyl (C=O) groups is 1. The van der Waals surface area contributed by atoms with Crippen molar-refractivity contribution >= 4 is 18.9 Å². The normalized spacial score (nSPS) is 16.7. The van der Waals surface area contributed by atoms with Crippen LogP contribution < -0.4 is 14.9 Å². The molecule has 0 amide bonds. The molecule has 1 aromatic heterocycles. The summed E-state index contributed by atoms with van der Waals surface area (Å²) in [5.41, 5.74) is 1.08. The third-order valence-electron chi connectivity index (χ3n) is 6.67. The fraction of sp³-hybridized carbons (Fsp3) is 0.429. The largest absolute Gasteiger partial charge is 0.494 e. The van der Waals surface area contributed by atoms with E-state index in [0.717, 1.165) is 28.8 Å². The van der Waals surface area contributed by atoms with Crippen molar-refractivity contribution in [2.45, 2.75) is 71.7 Å². The van der Waals surface area contributed by atoms with Crippen LogP contribution in [0.15, 0.2) is 52.9 Å². The van der Waals surface area contributed by atoms with Gasteiger partial charge in [0.05, 0.1) is 23.5 Å². The van der Waals surface area contributed by atoms with Crippen molar-refractivity contribution in [2.24, 2.45) is 0 Å². The molecule has 0 N–H and O–H groups in total. The highest BCUT2D eigenvalue weighted by atomic mass is 16.7. The maximum Gasteiger partial charge on any atom is 0.494 e. The van der Waals surface area contributed by atoms with Gasteiger partial charge in [0.25, 0.3) is 0 Å². The molecule has 3 aromatic rings. The molecule has 0 saturated carbocycles. The summed E-state index contributed by atoms with van der Waals surface area (Å²) in [7, 11) is -0.403. The van der Waals surface area contributed by atoms with Crippen LogP contribution in [0.2, 0.25) is 0 Å². The molecule has 0 atom stereocenters. The van der Waals surface area contributed by atoms with E-state index in [4.69, 9.17) is 23.2 Å². The van der Waals surface area contributed by atoms with Gasteiger partial charge < -0.3 is 23.2 Å². The molecule has 0 aliphatic carbocycles. The van der Waals surface area contributed by atoms with Crippen LogP contribution in [-0.4, -0.2) is 41.8 Å². The summed E-state index contributed by atoms with van der Waals surface area (Å²) in [6, 6.07) is 15.1. The Morgan fingerprint density at radius 3 is 2.11 bits per heavy atom. The van der Waals surface area contributed by atoms with Crippen LogP contribution in [-0.2, 0) is 20.5 Å². The summed E-state index contributed by atoms with van der Waals surface area (Å²) in [4.78, 5) is 15.7. The van der Waals surface area contributed by atoms with Crippen molar-refractivity contribution in [3.05, 3.63) is 60.0 Å². The zero-order valence-electron chi connectivity index (χ0n) is 22.1. The number of aromatic nitrogens is 1. The number of hydrogen-bond donors (Lipinski definition) is 0. The smallest absolute Gasteiger partial charge is 0.493 e. The number of aryl methyl sites for hydroxylation is 1. The second-order valence-electron chi connectivity index (χ2n) is 10.6. The molecule has 0 spiro atoms. The Kier molecular flexibility index (Phi) is 7.04. The molecular weight excluding hydrogens is 457 g/mol. The molecule has 7 nitrogen and oxygen atoms in total. The van der Waals surface area contributed by atoms with Gasteiger partial charge in [-0.1, -0.05) is 12.1 Å². The Bertz CT molecular complexity index is 1180. The van der Waals surface area contributed by atoms with Crippen LogP contribution in [0.1, 0.15) is 53.0 Å². The molecule has 0 radical (unpaired) electrons. The molecule has 1 fully saturated rings. The van der Waals surface area contributed by atoms with Gasteiger partial charge in [0.15, 0.2) is 11.9 Å². The summed E-state index contributed by atoms with van der Waals surface area (Å²) in [5.74, 6) is 2.66. The first-order chi connectivity index (χ1) is 16.9. The van der Waals surface area contributed by atoms with E-state index >= 15 is 0 Å². The van der Waals surface area contributed by atoms with E-state index in [0.29, 0.717) is 30.4 Å². The van der Waals surface area contributed by atoms with Gasteiger partial charge >= 0.3 is 7.12 Å². The van der Waals surface area contributed by atoms with Gasteiger partial charge in [-0.25, -0.2) is 4.98 Å². The Morgan fingerprint density at radius 2 is 1.53 bits per heavy atom. The van der Waals surface area contributed by atoms with Crippen LogP contribution in [0.25, 0.3) is 11.5 Å². The topological polar surface area (TPSA) is 80.0 Å². The van der Waals surface area contributed by atoms with E-state index in [2.05, 4.69) is 4.98 Å². The van der Waals surface area contributed by atoms with Gasteiger partial charge in [-0.3, -0.25) is 4.79 Å². The number of benzene rings is 2. The second kappa shape index (κ2) is 9.75. The lowest BCUT2D eigenvalue weighted by Gasteiger charge is -2.32. The molecule has 1 saturated heterocycles. The Hall–Kier alpha value is -3.10. The highest BCUT2D eigenvalue weighted by molar-refractivity contribution is 6.62. The zero-order chi connectivity index (χ0) is 26.1. The molecule has 2 heterocycles. The lowest BCUT2D eigenvalue weighted by Crippen LogP contribution is -2.41. The van der Waals surface area contributed by atoms with Crippen molar-refractivity contribution in [1.29, 1.82) is 0 Å². The molecular formula is C28H34BNO6. The number of hydrogen-bond acceptors (Lipinski definition) is 7. The summed E-state index contributed by atoms with van der Waals surface area (Å²) >= 11 is 0. The first-order valence-electron chi connectivity index (χ1n) is 12.2. The van der Waals surface area contributed by atoms with Gasteiger partial charge in [0.2, 0.25) is 5.89 Å². The Labute approximate surface area is 213 Å². The molecule has 36 heavy (non-hydrogen) atoms. The van der Waals surface area contributed by atoms with Crippen molar-refractivity contribution in [3.63, 3.8) is 0 Å². The Morgan fingerprint density at radius 1 is 0.944 bits per heavy atom. The van der Waals surface area contributed by atoms with E-state index < -0.39 is 12.7 Å². The standard InChI is InChI=1S/C28H34BNO6/c1-19-24(16-17-32-22-12-14-23(15-13-22)34-26(2,3)18-31)30-25(33-19)20-8-10-21(11-9-20)29-35-27(4,5)28(6,7)36-29/h8-15,18H,16-17H2,1-7H3. The maximum atomic E-state index is 11.0. The fourth-order valence-corrected chi connectivity index (χ4v) is 3.74. The summed E-state index contributed by atoms with van der Waals surface area (Å²) in [6.07, 6.45) is 1.39. The van der Waals surface area contributed by atoms with Crippen LogP contribution in [0, 0.1) is 6.92 Å². The predicted octanol–water partition coefficient (Wildman–Crippen LogP) is 4.93. The van der Waals surface area contributed by atoms with Crippen molar-refractivity contribution < 1.29 is 28.0 Å². The van der Waals surface area contributed by atoms with E-state index in [1.807, 2.05) is 71.0 Å². The minimum atomic E-state index is -0.864. The van der Waals surface area contributed by atoms with Gasteiger partial charge in [-0.2, -0.15) is 0 Å². The average Bonchev–Trinajstić information content (AvgIpc) is 3.30. The van der Waals surface area contributed by atoms with Crippen LogP contribution in [0.5, 0.6) is 11.5 Å². The number of nitrogens with zero attached hydrogens (tertiary/aromatic N) is 1. The number of rotatable bonds is 9. The molecule has 2 aromatic carbocycles. The third kappa shape index (κ3) is 5.66. The number of carbonyl (C=O) groups excluding carboxylic acids is 1. The molecule has 0 unspecified atom stereocenters. The summed E-state index contributed by atoms with van der Waals surface area (Å²) in [6.45, 7) is 14.0. The molecule has 190 valence electrons. The van der Waals surface area contributed by atoms with E-state index in [1.54, 1.807) is 26.0 Å². The third-order valence-corrected chi connectivity index (χ3v) is 6.67. The number of oxazole rings is 1. The van der Waals surface area contributed by atoms with Gasteiger partial charge in [0, 0.05) is 12.0 Å². The van der Waals surface area contributed by atoms with Crippen molar-refractivity contribution in [3.8, 4) is 23.0 Å². The number of aldehydes is 1. The van der Waals surface area contributed by atoms with Crippen molar-refractivity contribution in [2.75, 3.05) is 6.61 Å². The minimum absolute atomic E-state index is 0.379. The first-order valence-corrected chi connectivity index (χ1v) is 12.2. The van der Waals surface area contributed by atoms with Gasteiger partial charge in [-0.05, 0) is 90.3 Å². The monoisotopic (exact) mass is 491 g/mol. The van der Waals surface area contributed by atoms with E-state index in [-0.39, 0.29) is 11.2 Å². The van der Waals surface area contributed by atoms with Crippen LogP contribution >= 0.6 is 0 Å². The molecule has 1 aliphatic rings. The lowest BCUT2D eigenvalue weighted by molar-refractivity contribution is -0.118. The fourth-order valence-electron chi connectivity index (χ4n) is 3.74. The van der Waals surface area contributed by atoms with Gasteiger partial charge in [0.1, 0.15) is 17.3 Å². The molecule has 8 heteroatoms. The first kappa shape index (κ1) is 26.0. The quantitative estimate of drug-likeness (QED) is 0.310. The highest BCUT2D eigenvalue weighted by Crippen LogP contribution is 2.36. The second-order valence-corrected chi connectivity index (χ2v) is 10.6. The van der Waals surface area contributed by atoms with E-state index in [9.17, 15) is 4.79 Å². The van der Waals surface area contributed by atoms with Crippen molar-refractivity contribution in [1.82, 2.24) is 4.98 Å². The molecule has 4 rings (SSSR count). The predicted molar refractivity (Wildman–Crippen MR) is 139 cm³/mol. The SMILES string of the molecule is Cc1oc(-c2ccc(B3OC(C)(C)C(C)(C)O3)cc2)nc1CCOc1ccc(OC(C)(C)C=O)cc1. The van der Waals surface area contributed by atoms with Crippen LogP contribution in [0.4, 0.5) is 0 Å². The highest BCUT2D eigenvalue weighted by Gasteiger charge is 2.51. The zero-order valence-corrected chi connectivity index (χ0v) is 22.1. The average molecular weight is 491 g/mol. The maximum absolute atomic E-state index is 11.0. The van der Waals surface area contributed by atoms with Crippen LogP contribution in [0.3, 0.4) is 0 Å². The summed E-state index contributed by atoms with van der Waals surface area (Å²) < 4.78 is 29.7. The number of ether oxygens (including phenoxy) is 2. The molecule has 0 bridgehead atoms. The minimum Gasteiger partial charge on any atom is -0.493 e. The van der Waals surface area contributed by atoms with Gasteiger partial charge in [-0.15, -0.1) is 0 Å². The summed E-state index contributed by atoms with van der Waals surface area (Å²) in [5, 5.41) is 0.